The maximum atomic E-state index is 13.0. The fraction of sp³-hybridized carbons (Fsp3) is 0.333. The topological polar surface area (TPSA) is 86.7 Å². The fourth-order valence-corrected chi connectivity index (χ4v) is 4.50. The summed E-state index contributed by atoms with van der Waals surface area (Å²) in [5.74, 6) is -3.84. The maximum Gasteiger partial charge on any atom is 0.334 e. The summed E-state index contributed by atoms with van der Waals surface area (Å²) in [5, 5.41) is 0. The molecule has 4 atom stereocenters. The zero-order chi connectivity index (χ0) is 17.2. The summed E-state index contributed by atoms with van der Waals surface area (Å²) < 4.78 is 9.60. The number of fused-ring (bicyclic) bond motifs is 5. The molecule has 0 bridgehead atoms. The van der Waals surface area contributed by atoms with Crippen molar-refractivity contribution in [3.05, 3.63) is 47.0 Å². The lowest BCUT2D eigenvalue weighted by Gasteiger charge is -2.63. The van der Waals surface area contributed by atoms with E-state index in [9.17, 15) is 19.2 Å². The third-order valence-corrected chi connectivity index (χ3v) is 5.53. The van der Waals surface area contributed by atoms with Crippen molar-refractivity contribution in [1.29, 1.82) is 0 Å². The van der Waals surface area contributed by atoms with E-state index in [0.717, 1.165) is 0 Å². The van der Waals surface area contributed by atoms with Crippen molar-refractivity contribution >= 4 is 23.5 Å². The fourth-order valence-electron chi connectivity index (χ4n) is 4.50. The number of benzene rings is 1. The summed E-state index contributed by atoms with van der Waals surface area (Å²) >= 11 is 0. The van der Waals surface area contributed by atoms with Gasteiger partial charge in [-0.3, -0.25) is 14.4 Å². The second kappa shape index (κ2) is 4.63. The average Bonchev–Trinajstić information content (AvgIpc) is 2.59. The van der Waals surface area contributed by atoms with Gasteiger partial charge in [0.15, 0.2) is 11.6 Å². The standard InChI is InChI=1S/C18H14O6/c1-23-16(21)11-7-10-12-13(18(10,11)17(22)24-2)15(20)9-6-4-3-5-8(9)14(12)19/h3-7,10,12-13H,1-2H3/t10-,12+,13-,18-/m1/s1. The van der Waals surface area contributed by atoms with E-state index in [1.165, 1.54) is 14.2 Å². The van der Waals surface area contributed by atoms with Crippen LogP contribution in [0.15, 0.2) is 35.9 Å². The van der Waals surface area contributed by atoms with E-state index in [4.69, 9.17) is 9.47 Å². The van der Waals surface area contributed by atoms with Gasteiger partial charge in [-0.15, -0.1) is 0 Å². The lowest BCUT2D eigenvalue weighted by molar-refractivity contribution is -0.177. The lowest BCUT2D eigenvalue weighted by atomic mass is 9.35. The Morgan fingerprint density at radius 1 is 1.00 bits per heavy atom. The number of carbonyl (C=O) groups excluding carboxylic acids is 4. The largest absolute Gasteiger partial charge is 0.468 e. The van der Waals surface area contributed by atoms with E-state index < -0.39 is 35.1 Å². The molecule has 0 radical (unpaired) electrons. The Labute approximate surface area is 137 Å². The van der Waals surface area contributed by atoms with Gasteiger partial charge in [0.2, 0.25) is 0 Å². The molecule has 6 heteroatoms. The number of carbonyl (C=O) groups is 4. The van der Waals surface area contributed by atoms with Gasteiger partial charge in [-0.25, -0.2) is 4.79 Å². The van der Waals surface area contributed by atoms with E-state index in [-0.39, 0.29) is 17.1 Å². The number of rotatable bonds is 2. The minimum Gasteiger partial charge on any atom is -0.468 e. The molecule has 1 saturated carbocycles. The van der Waals surface area contributed by atoms with Gasteiger partial charge in [0.05, 0.1) is 25.7 Å². The Hall–Kier alpha value is -2.76. The van der Waals surface area contributed by atoms with Gasteiger partial charge in [0.25, 0.3) is 0 Å². The molecule has 0 unspecified atom stereocenters. The number of allylic oxidation sites excluding steroid dienone is 1. The molecule has 0 amide bonds. The van der Waals surface area contributed by atoms with Crippen molar-refractivity contribution in [1.82, 2.24) is 0 Å². The summed E-state index contributed by atoms with van der Waals surface area (Å²) in [6, 6.07) is 6.56. The van der Waals surface area contributed by atoms with E-state index in [0.29, 0.717) is 11.1 Å². The summed E-state index contributed by atoms with van der Waals surface area (Å²) in [6.45, 7) is 0. The van der Waals surface area contributed by atoms with Gasteiger partial charge in [-0.05, 0) is 0 Å². The molecule has 3 aliphatic carbocycles. The molecule has 4 rings (SSSR count). The quantitative estimate of drug-likeness (QED) is 0.759. The molecule has 0 spiro atoms. The van der Waals surface area contributed by atoms with E-state index in [1.807, 2.05) is 0 Å². The first-order valence-corrected chi connectivity index (χ1v) is 7.56. The molecule has 0 aromatic heterocycles. The van der Waals surface area contributed by atoms with Crippen LogP contribution in [0.5, 0.6) is 0 Å². The molecule has 24 heavy (non-hydrogen) atoms. The third-order valence-electron chi connectivity index (χ3n) is 5.53. The van der Waals surface area contributed by atoms with Crippen LogP contribution in [0.25, 0.3) is 0 Å². The number of methoxy groups -OCH3 is 2. The van der Waals surface area contributed by atoms with Crippen LogP contribution in [0.2, 0.25) is 0 Å². The Balaban J connectivity index is 1.88. The Morgan fingerprint density at radius 3 is 2.21 bits per heavy atom. The number of Topliss-reactive ketones (excluding diaryl/α,β-unsaturated/α-hetero) is 2. The van der Waals surface area contributed by atoms with Crippen LogP contribution >= 0.6 is 0 Å². The molecule has 1 aromatic carbocycles. The highest BCUT2D eigenvalue weighted by atomic mass is 16.5. The molecular weight excluding hydrogens is 312 g/mol. The zero-order valence-corrected chi connectivity index (χ0v) is 13.1. The highest BCUT2D eigenvalue weighted by Crippen LogP contribution is 2.70. The number of esters is 2. The molecule has 0 N–H and O–H groups in total. The van der Waals surface area contributed by atoms with Crippen molar-refractivity contribution in [2.75, 3.05) is 14.2 Å². The zero-order valence-electron chi connectivity index (χ0n) is 13.1. The first-order chi connectivity index (χ1) is 11.5. The molecule has 0 saturated heterocycles. The number of hydrogen-bond acceptors (Lipinski definition) is 6. The van der Waals surface area contributed by atoms with Gasteiger partial charge >= 0.3 is 11.9 Å². The van der Waals surface area contributed by atoms with Crippen molar-refractivity contribution in [2.45, 2.75) is 0 Å². The van der Waals surface area contributed by atoms with Crippen molar-refractivity contribution in [2.24, 2.45) is 23.2 Å². The van der Waals surface area contributed by atoms with Gasteiger partial charge in [-0.1, -0.05) is 30.3 Å². The van der Waals surface area contributed by atoms with E-state index >= 15 is 0 Å². The normalized spacial score (nSPS) is 32.2. The Morgan fingerprint density at radius 2 is 1.62 bits per heavy atom. The van der Waals surface area contributed by atoms with E-state index in [2.05, 4.69) is 0 Å². The van der Waals surface area contributed by atoms with Crippen molar-refractivity contribution < 1.29 is 28.7 Å². The summed E-state index contributed by atoms with van der Waals surface area (Å²) in [5.41, 5.74) is -0.611. The second-order valence-corrected chi connectivity index (χ2v) is 6.24. The second-order valence-electron chi connectivity index (χ2n) is 6.24. The Kier molecular flexibility index (Phi) is 2.85. The predicted molar refractivity (Wildman–Crippen MR) is 80.1 cm³/mol. The van der Waals surface area contributed by atoms with Gasteiger partial charge < -0.3 is 9.47 Å². The SMILES string of the molecule is COC(=O)C1=C[C@@H]2[C@@H]3C(=O)c4ccccc4C(=O)[C@@H]3[C@]12C(=O)OC. The molecule has 1 aromatic rings. The van der Waals surface area contributed by atoms with Crippen LogP contribution in [-0.4, -0.2) is 37.7 Å². The van der Waals surface area contributed by atoms with Crippen LogP contribution < -0.4 is 0 Å². The minimum absolute atomic E-state index is 0.114. The van der Waals surface area contributed by atoms with Crippen molar-refractivity contribution in [3.8, 4) is 0 Å². The van der Waals surface area contributed by atoms with Crippen LogP contribution in [-0.2, 0) is 19.1 Å². The van der Waals surface area contributed by atoms with Gasteiger partial charge in [-0.2, -0.15) is 0 Å². The van der Waals surface area contributed by atoms with Crippen LogP contribution in [0, 0.1) is 23.2 Å². The predicted octanol–water partition coefficient (Wildman–Crippen LogP) is 1.20. The van der Waals surface area contributed by atoms with Gasteiger partial charge in [0.1, 0.15) is 5.41 Å². The molecule has 6 nitrogen and oxygen atoms in total. The molecule has 3 aliphatic rings. The minimum atomic E-state index is -1.40. The van der Waals surface area contributed by atoms with Crippen molar-refractivity contribution in [3.63, 3.8) is 0 Å². The average molecular weight is 326 g/mol. The molecule has 122 valence electrons. The Bertz CT molecular complexity index is 851. The van der Waals surface area contributed by atoms with Crippen LogP contribution in [0.4, 0.5) is 0 Å². The first-order valence-electron chi connectivity index (χ1n) is 7.56. The number of ether oxygens (including phenoxy) is 2. The summed E-state index contributed by atoms with van der Waals surface area (Å²) in [6.07, 6.45) is 1.56. The molecule has 1 fully saturated rings. The number of hydrogen-bond donors (Lipinski definition) is 0. The summed E-state index contributed by atoms with van der Waals surface area (Å²) in [4.78, 5) is 50.2. The number of ketones is 2. The monoisotopic (exact) mass is 326 g/mol. The van der Waals surface area contributed by atoms with E-state index in [1.54, 1.807) is 30.3 Å². The molecular formula is C18H14O6. The first kappa shape index (κ1) is 14.8. The van der Waals surface area contributed by atoms with Gasteiger partial charge in [0, 0.05) is 23.0 Å². The summed E-state index contributed by atoms with van der Waals surface area (Å²) in [7, 11) is 2.42. The lowest BCUT2D eigenvalue weighted by Crippen LogP contribution is -2.72. The maximum absolute atomic E-state index is 13.0. The van der Waals surface area contributed by atoms with Crippen LogP contribution in [0.1, 0.15) is 20.7 Å². The highest BCUT2D eigenvalue weighted by Gasteiger charge is 2.78. The molecule has 0 heterocycles. The highest BCUT2D eigenvalue weighted by molar-refractivity contribution is 6.21. The van der Waals surface area contributed by atoms with Crippen LogP contribution in [0.3, 0.4) is 0 Å². The smallest absolute Gasteiger partial charge is 0.334 e. The molecule has 0 aliphatic heterocycles. The third kappa shape index (κ3) is 1.37.